The van der Waals surface area contributed by atoms with Gasteiger partial charge >= 0.3 is 12.1 Å². The van der Waals surface area contributed by atoms with Gasteiger partial charge in [0.25, 0.3) is 5.91 Å². The number of nitrogen functional groups attached to an aromatic ring is 1. The molecule has 0 spiro atoms. The molecule has 1 fully saturated rings. The summed E-state index contributed by atoms with van der Waals surface area (Å²) in [7, 11) is 0. The van der Waals surface area contributed by atoms with Gasteiger partial charge in [0, 0.05) is 26.2 Å². The van der Waals surface area contributed by atoms with Gasteiger partial charge < -0.3 is 25.0 Å². The van der Waals surface area contributed by atoms with Crippen LogP contribution in [0.2, 0.25) is 5.02 Å². The van der Waals surface area contributed by atoms with Crippen molar-refractivity contribution in [2.24, 2.45) is 0 Å². The maximum absolute atomic E-state index is 12.1. The second kappa shape index (κ2) is 8.57. The average molecular weight is 370 g/mol. The Bertz CT molecular complexity index is 659. The van der Waals surface area contributed by atoms with Gasteiger partial charge in [-0.1, -0.05) is 11.6 Å². The fraction of sp³-hybridized carbons (Fsp3) is 0.438. The summed E-state index contributed by atoms with van der Waals surface area (Å²) < 4.78 is 9.93. The first-order chi connectivity index (χ1) is 11.9. The maximum atomic E-state index is 12.1. The summed E-state index contributed by atoms with van der Waals surface area (Å²) in [6, 6.07) is 4.36. The van der Waals surface area contributed by atoms with Crippen molar-refractivity contribution in [3.8, 4) is 0 Å². The molecule has 0 bridgehead atoms. The molecule has 9 heteroatoms. The highest BCUT2D eigenvalue weighted by Crippen LogP contribution is 2.19. The molecule has 136 valence electrons. The number of piperazine rings is 1. The molecular weight excluding hydrogens is 350 g/mol. The molecule has 1 aliphatic rings. The van der Waals surface area contributed by atoms with Crippen LogP contribution in [-0.2, 0) is 14.3 Å². The Balaban J connectivity index is 1.80. The minimum atomic E-state index is -0.651. The minimum Gasteiger partial charge on any atom is -0.452 e. The third-order valence-electron chi connectivity index (χ3n) is 3.72. The second-order valence-electron chi connectivity index (χ2n) is 5.38. The van der Waals surface area contributed by atoms with Crippen molar-refractivity contribution in [1.82, 2.24) is 9.80 Å². The van der Waals surface area contributed by atoms with Crippen LogP contribution in [0.25, 0.3) is 0 Å². The van der Waals surface area contributed by atoms with E-state index in [2.05, 4.69) is 0 Å². The van der Waals surface area contributed by atoms with Gasteiger partial charge in [-0.15, -0.1) is 0 Å². The van der Waals surface area contributed by atoms with Crippen LogP contribution < -0.4 is 5.73 Å². The molecule has 8 nitrogen and oxygen atoms in total. The van der Waals surface area contributed by atoms with Crippen LogP contribution >= 0.6 is 11.6 Å². The predicted molar refractivity (Wildman–Crippen MR) is 91.3 cm³/mol. The van der Waals surface area contributed by atoms with E-state index in [1.807, 2.05) is 0 Å². The fourth-order valence-corrected chi connectivity index (χ4v) is 2.44. The van der Waals surface area contributed by atoms with Gasteiger partial charge in [0.15, 0.2) is 6.61 Å². The Kier molecular flexibility index (Phi) is 6.46. The normalized spacial score (nSPS) is 14.2. The van der Waals surface area contributed by atoms with Crippen LogP contribution in [0.4, 0.5) is 10.5 Å². The number of rotatable bonds is 4. The lowest BCUT2D eigenvalue weighted by Gasteiger charge is -2.33. The molecule has 25 heavy (non-hydrogen) atoms. The second-order valence-corrected chi connectivity index (χ2v) is 5.79. The lowest BCUT2D eigenvalue weighted by Crippen LogP contribution is -2.51. The fourth-order valence-electron chi connectivity index (χ4n) is 2.33. The smallest absolute Gasteiger partial charge is 0.409 e. The van der Waals surface area contributed by atoms with E-state index in [4.69, 9.17) is 26.8 Å². The van der Waals surface area contributed by atoms with E-state index in [-0.39, 0.29) is 29.9 Å². The van der Waals surface area contributed by atoms with E-state index < -0.39 is 5.97 Å². The highest BCUT2D eigenvalue weighted by molar-refractivity contribution is 6.33. The van der Waals surface area contributed by atoms with Crippen LogP contribution in [0, 0.1) is 0 Å². The van der Waals surface area contributed by atoms with Gasteiger partial charge in [0.1, 0.15) is 0 Å². The van der Waals surface area contributed by atoms with Gasteiger partial charge in [-0.3, -0.25) is 4.79 Å². The number of anilines is 1. The first-order valence-corrected chi connectivity index (χ1v) is 8.21. The molecule has 1 aromatic rings. The van der Waals surface area contributed by atoms with Crippen LogP contribution in [0.3, 0.4) is 0 Å². The summed E-state index contributed by atoms with van der Waals surface area (Å²) in [6.45, 7) is 3.16. The highest BCUT2D eigenvalue weighted by Gasteiger charge is 2.25. The van der Waals surface area contributed by atoms with Gasteiger partial charge in [-0.05, 0) is 25.1 Å². The number of hydrogen-bond acceptors (Lipinski definition) is 6. The lowest BCUT2D eigenvalue weighted by molar-refractivity contribution is -0.136. The van der Waals surface area contributed by atoms with Crippen LogP contribution in [0.15, 0.2) is 18.2 Å². The Morgan fingerprint density at radius 1 is 1.12 bits per heavy atom. The standard InChI is InChI=1S/C16H20ClN3O5/c1-2-24-16(23)20-7-5-19(6-8-20)14(21)10-25-15(22)11-3-4-12(17)13(18)9-11/h3-4,9H,2,5-8,10,18H2,1H3. The SMILES string of the molecule is CCOC(=O)N1CCN(C(=O)COC(=O)c2ccc(Cl)c(N)c2)CC1. The number of carbonyl (C=O) groups excluding carboxylic acids is 3. The number of esters is 1. The van der Waals surface area contributed by atoms with Crippen LogP contribution in [0.1, 0.15) is 17.3 Å². The van der Waals surface area contributed by atoms with Crippen molar-refractivity contribution in [3.63, 3.8) is 0 Å². The number of halogens is 1. The summed E-state index contributed by atoms with van der Waals surface area (Å²) in [5.41, 5.74) is 6.12. The van der Waals surface area contributed by atoms with E-state index in [0.717, 1.165) is 0 Å². The first kappa shape index (κ1) is 18.9. The largest absolute Gasteiger partial charge is 0.452 e. The summed E-state index contributed by atoms with van der Waals surface area (Å²) in [6.07, 6.45) is -0.388. The molecule has 2 amide bonds. The summed E-state index contributed by atoms with van der Waals surface area (Å²) >= 11 is 5.79. The molecular formula is C16H20ClN3O5. The molecule has 0 aliphatic carbocycles. The lowest BCUT2D eigenvalue weighted by atomic mass is 10.2. The molecule has 1 heterocycles. The molecule has 0 atom stereocenters. The third kappa shape index (κ3) is 4.99. The van der Waals surface area contributed by atoms with Crippen LogP contribution in [0.5, 0.6) is 0 Å². The van der Waals surface area contributed by atoms with E-state index in [1.54, 1.807) is 11.8 Å². The molecule has 1 saturated heterocycles. The summed E-state index contributed by atoms with van der Waals surface area (Å²) in [5.74, 6) is -0.972. The molecule has 2 N–H and O–H groups in total. The first-order valence-electron chi connectivity index (χ1n) is 7.84. The summed E-state index contributed by atoms with van der Waals surface area (Å²) in [5, 5.41) is 0.340. The number of benzene rings is 1. The molecule has 0 saturated carbocycles. The molecule has 2 rings (SSSR count). The molecule has 0 radical (unpaired) electrons. The van der Waals surface area contributed by atoms with Crippen molar-refractivity contribution in [3.05, 3.63) is 28.8 Å². The zero-order valence-corrected chi connectivity index (χ0v) is 14.6. The maximum Gasteiger partial charge on any atom is 0.409 e. The minimum absolute atomic E-state index is 0.224. The number of nitrogens with two attached hydrogens (primary N) is 1. The van der Waals surface area contributed by atoms with Crippen molar-refractivity contribution in [2.45, 2.75) is 6.92 Å². The van der Waals surface area contributed by atoms with Crippen molar-refractivity contribution in [1.29, 1.82) is 0 Å². The van der Waals surface area contributed by atoms with Crippen molar-refractivity contribution in [2.75, 3.05) is 45.1 Å². The monoisotopic (exact) mass is 369 g/mol. The zero-order valence-electron chi connectivity index (χ0n) is 13.9. The molecule has 1 aliphatic heterocycles. The van der Waals surface area contributed by atoms with E-state index >= 15 is 0 Å². The number of carbonyl (C=O) groups is 3. The van der Waals surface area contributed by atoms with Gasteiger partial charge in [-0.2, -0.15) is 0 Å². The Labute approximate surface area is 150 Å². The van der Waals surface area contributed by atoms with Crippen molar-refractivity contribution >= 4 is 35.3 Å². The Morgan fingerprint density at radius 2 is 1.76 bits per heavy atom. The van der Waals surface area contributed by atoms with Gasteiger partial charge in [0.05, 0.1) is 22.9 Å². The zero-order chi connectivity index (χ0) is 18.4. The summed E-state index contributed by atoms with van der Waals surface area (Å²) in [4.78, 5) is 38.8. The average Bonchev–Trinajstić information content (AvgIpc) is 2.62. The highest BCUT2D eigenvalue weighted by atomic mass is 35.5. The molecule has 0 unspecified atom stereocenters. The van der Waals surface area contributed by atoms with Crippen molar-refractivity contribution < 1.29 is 23.9 Å². The van der Waals surface area contributed by atoms with Crippen LogP contribution in [-0.4, -0.2) is 67.2 Å². The number of ether oxygens (including phenoxy) is 2. The predicted octanol–water partition coefficient (Wildman–Crippen LogP) is 1.38. The Hall–Kier alpha value is -2.48. The number of amides is 2. The van der Waals surface area contributed by atoms with E-state index in [9.17, 15) is 14.4 Å². The number of nitrogens with zero attached hydrogens (tertiary/aromatic N) is 2. The number of hydrogen-bond donors (Lipinski definition) is 1. The van der Waals surface area contributed by atoms with Gasteiger partial charge in [0.2, 0.25) is 0 Å². The van der Waals surface area contributed by atoms with E-state index in [1.165, 1.54) is 23.1 Å². The third-order valence-corrected chi connectivity index (χ3v) is 4.06. The topological polar surface area (TPSA) is 102 Å². The quantitative estimate of drug-likeness (QED) is 0.635. The molecule has 1 aromatic carbocycles. The van der Waals surface area contributed by atoms with Gasteiger partial charge in [-0.25, -0.2) is 9.59 Å². The molecule has 0 aromatic heterocycles. The Morgan fingerprint density at radius 3 is 2.36 bits per heavy atom. The van der Waals surface area contributed by atoms with E-state index in [0.29, 0.717) is 37.8 Å².